The van der Waals surface area contributed by atoms with Crippen LogP contribution >= 0.6 is 0 Å². The first-order valence-corrected chi connectivity index (χ1v) is 8.46. The zero-order valence-corrected chi connectivity index (χ0v) is 15.6. The van der Waals surface area contributed by atoms with Crippen LogP contribution in [0, 0.1) is 5.92 Å². The van der Waals surface area contributed by atoms with Gasteiger partial charge in [0.25, 0.3) is 0 Å². The largest absolute Gasteiger partial charge is 0.496 e. The van der Waals surface area contributed by atoms with Gasteiger partial charge in [0.2, 0.25) is 0 Å². The van der Waals surface area contributed by atoms with Gasteiger partial charge in [0.05, 0.1) is 14.2 Å². The summed E-state index contributed by atoms with van der Waals surface area (Å²) < 4.78 is 15.8. The van der Waals surface area contributed by atoms with Gasteiger partial charge in [-0.3, -0.25) is 4.90 Å². The second kappa shape index (κ2) is 7.76. The van der Waals surface area contributed by atoms with E-state index in [9.17, 15) is 9.59 Å². The molecule has 1 aromatic rings. The van der Waals surface area contributed by atoms with E-state index < -0.39 is 23.7 Å². The van der Waals surface area contributed by atoms with E-state index in [0.717, 1.165) is 11.3 Å². The first-order valence-electron chi connectivity index (χ1n) is 8.46. The number of likely N-dealkylation sites (tertiary alicyclic amines) is 1. The van der Waals surface area contributed by atoms with Crippen molar-refractivity contribution in [3.8, 4) is 5.75 Å². The van der Waals surface area contributed by atoms with Crippen LogP contribution in [0.4, 0.5) is 4.79 Å². The smallest absolute Gasteiger partial charge is 0.411 e. The standard InChI is InChI=1S/C19H27NO5/c1-19(2,3)25-18(22)20-11-10-14(16(20)17(21)24-5)12-13-8-6-7-9-15(13)23-4/h6-9,14,16H,10-12H2,1-5H3/t14-,16-/m1/s1. The van der Waals surface area contributed by atoms with Crippen LogP contribution < -0.4 is 4.74 Å². The second-order valence-electron chi connectivity index (χ2n) is 7.21. The topological polar surface area (TPSA) is 65.1 Å². The number of hydrogen-bond donors (Lipinski definition) is 0. The number of esters is 1. The molecule has 25 heavy (non-hydrogen) atoms. The van der Waals surface area contributed by atoms with E-state index in [4.69, 9.17) is 14.2 Å². The van der Waals surface area contributed by atoms with Crippen molar-refractivity contribution in [2.45, 2.75) is 45.3 Å². The van der Waals surface area contributed by atoms with Crippen LogP contribution in [0.5, 0.6) is 5.75 Å². The molecule has 2 atom stereocenters. The van der Waals surface area contributed by atoms with Crippen LogP contribution in [0.2, 0.25) is 0 Å². The maximum Gasteiger partial charge on any atom is 0.411 e. The Labute approximate surface area is 149 Å². The Morgan fingerprint density at radius 3 is 2.48 bits per heavy atom. The van der Waals surface area contributed by atoms with E-state index in [-0.39, 0.29) is 5.92 Å². The molecule has 1 heterocycles. The third-order valence-corrected chi connectivity index (χ3v) is 4.27. The summed E-state index contributed by atoms with van der Waals surface area (Å²) in [5.41, 5.74) is 0.397. The molecule has 138 valence electrons. The van der Waals surface area contributed by atoms with Crippen molar-refractivity contribution in [3.63, 3.8) is 0 Å². The highest BCUT2D eigenvalue weighted by molar-refractivity contribution is 5.82. The average Bonchev–Trinajstić information content (AvgIpc) is 2.97. The van der Waals surface area contributed by atoms with Gasteiger partial charge >= 0.3 is 12.1 Å². The van der Waals surface area contributed by atoms with Crippen molar-refractivity contribution >= 4 is 12.1 Å². The summed E-state index contributed by atoms with van der Waals surface area (Å²) in [6, 6.07) is 7.06. The number of hydrogen-bond acceptors (Lipinski definition) is 5. The number of para-hydroxylation sites is 1. The third kappa shape index (κ3) is 4.65. The van der Waals surface area contributed by atoms with E-state index >= 15 is 0 Å². The van der Waals surface area contributed by atoms with E-state index in [1.807, 2.05) is 24.3 Å². The quantitative estimate of drug-likeness (QED) is 0.782. The van der Waals surface area contributed by atoms with E-state index in [1.54, 1.807) is 27.9 Å². The van der Waals surface area contributed by atoms with Gasteiger partial charge in [-0.05, 0) is 51.2 Å². The molecule has 0 aromatic heterocycles. The zero-order chi connectivity index (χ0) is 18.6. The fourth-order valence-corrected chi connectivity index (χ4v) is 3.19. The highest BCUT2D eigenvalue weighted by Gasteiger charge is 2.44. The molecule has 1 saturated heterocycles. The minimum atomic E-state index is -0.648. The van der Waals surface area contributed by atoms with Crippen LogP contribution in [0.1, 0.15) is 32.8 Å². The molecule has 0 unspecified atom stereocenters. The minimum absolute atomic E-state index is 0.0451. The highest BCUT2D eigenvalue weighted by Crippen LogP contribution is 2.32. The van der Waals surface area contributed by atoms with Crippen LogP contribution in [0.15, 0.2) is 24.3 Å². The molecular weight excluding hydrogens is 322 g/mol. The van der Waals surface area contributed by atoms with Gasteiger partial charge in [-0.25, -0.2) is 9.59 Å². The summed E-state index contributed by atoms with van der Waals surface area (Å²) in [5, 5.41) is 0. The van der Waals surface area contributed by atoms with Gasteiger partial charge in [-0.2, -0.15) is 0 Å². The Bertz CT molecular complexity index is 622. The molecule has 0 aliphatic carbocycles. The molecule has 1 aliphatic rings. The molecule has 0 saturated carbocycles. The number of ether oxygens (including phenoxy) is 3. The Morgan fingerprint density at radius 2 is 1.88 bits per heavy atom. The summed E-state index contributed by atoms with van der Waals surface area (Å²) in [5.74, 6) is 0.321. The molecule has 6 heteroatoms. The maximum absolute atomic E-state index is 12.5. The first-order chi connectivity index (χ1) is 11.8. The molecule has 1 fully saturated rings. The predicted octanol–water partition coefficient (Wildman–Crippen LogP) is 3.04. The Balaban J connectivity index is 2.21. The summed E-state index contributed by atoms with van der Waals surface area (Å²) in [4.78, 5) is 26.3. The predicted molar refractivity (Wildman–Crippen MR) is 93.5 cm³/mol. The molecule has 6 nitrogen and oxygen atoms in total. The molecule has 0 bridgehead atoms. The molecule has 2 rings (SSSR count). The number of rotatable bonds is 4. The third-order valence-electron chi connectivity index (χ3n) is 4.27. The maximum atomic E-state index is 12.5. The lowest BCUT2D eigenvalue weighted by Crippen LogP contribution is -2.46. The van der Waals surface area contributed by atoms with Gasteiger partial charge in [-0.1, -0.05) is 18.2 Å². The van der Waals surface area contributed by atoms with Crippen molar-refractivity contribution in [2.24, 2.45) is 5.92 Å². The van der Waals surface area contributed by atoms with Gasteiger partial charge in [0.1, 0.15) is 17.4 Å². The second-order valence-corrected chi connectivity index (χ2v) is 7.21. The number of benzene rings is 1. The summed E-state index contributed by atoms with van der Waals surface area (Å²) in [6.45, 7) is 5.88. The van der Waals surface area contributed by atoms with Gasteiger partial charge < -0.3 is 14.2 Å². The lowest BCUT2D eigenvalue weighted by Gasteiger charge is -2.29. The van der Waals surface area contributed by atoms with E-state index in [1.165, 1.54) is 12.0 Å². The molecule has 1 aliphatic heterocycles. The van der Waals surface area contributed by atoms with E-state index in [0.29, 0.717) is 19.4 Å². The zero-order valence-electron chi connectivity index (χ0n) is 15.6. The molecule has 1 aromatic carbocycles. The molecule has 1 amide bonds. The minimum Gasteiger partial charge on any atom is -0.496 e. The molecule has 0 spiro atoms. The number of carbonyl (C=O) groups is 2. The van der Waals surface area contributed by atoms with E-state index in [2.05, 4.69) is 0 Å². The number of carbonyl (C=O) groups excluding carboxylic acids is 2. The Kier molecular flexibility index (Phi) is 5.93. The van der Waals surface area contributed by atoms with Crippen LogP contribution in [0.25, 0.3) is 0 Å². The van der Waals surface area contributed by atoms with Crippen molar-refractivity contribution in [2.75, 3.05) is 20.8 Å². The van der Waals surface area contributed by atoms with Gasteiger partial charge in [0, 0.05) is 6.54 Å². The Morgan fingerprint density at radius 1 is 1.20 bits per heavy atom. The SMILES string of the molecule is COC(=O)[C@H]1[C@@H](Cc2ccccc2OC)CCN1C(=O)OC(C)(C)C. The van der Waals surface area contributed by atoms with Crippen LogP contribution in [-0.4, -0.2) is 49.4 Å². The monoisotopic (exact) mass is 349 g/mol. The fourth-order valence-electron chi connectivity index (χ4n) is 3.19. The molecule has 0 N–H and O–H groups in total. The van der Waals surface area contributed by atoms with Crippen molar-refractivity contribution < 1.29 is 23.8 Å². The first kappa shape index (κ1) is 19.1. The van der Waals surface area contributed by atoms with Gasteiger partial charge in [-0.15, -0.1) is 0 Å². The van der Waals surface area contributed by atoms with Crippen LogP contribution in [0.3, 0.4) is 0 Å². The summed E-state index contributed by atoms with van der Waals surface area (Å²) in [7, 11) is 2.96. The van der Waals surface area contributed by atoms with Crippen molar-refractivity contribution in [3.05, 3.63) is 29.8 Å². The lowest BCUT2D eigenvalue weighted by atomic mass is 9.92. The Hall–Kier alpha value is -2.24. The van der Waals surface area contributed by atoms with Crippen molar-refractivity contribution in [1.82, 2.24) is 4.90 Å². The average molecular weight is 349 g/mol. The number of nitrogens with zero attached hydrogens (tertiary/aromatic N) is 1. The fraction of sp³-hybridized carbons (Fsp3) is 0.579. The molecule has 0 radical (unpaired) electrons. The van der Waals surface area contributed by atoms with Gasteiger partial charge in [0.15, 0.2) is 0 Å². The number of methoxy groups -OCH3 is 2. The highest BCUT2D eigenvalue weighted by atomic mass is 16.6. The van der Waals surface area contributed by atoms with Crippen molar-refractivity contribution in [1.29, 1.82) is 0 Å². The lowest BCUT2D eigenvalue weighted by molar-refractivity contribution is -0.147. The summed E-state index contributed by atoms with van der Waals surface area (Å²) in [6.07, 6.45) is 0.852. The number of amides is 1. The molecular formula is C19H27NO5. The van der Waals surface area contributed by atoms with Crippen LogP contribution in [-0.2, 0) is 20.7 Å². The normalized spacial score (nSPS) is 20.3. The summed E-state index contributed by atoms with van der Waals surface area (Å²) >= 11 is 0.